The fourth-order valence-electron chi connectivity index (χ4n) is 3.69. The lowest BCUT2D eigenvalue weighted by Gasteiger charge is -2.09. The van der Waals surface area contributed by atoms with E-state index in [-0.39, 0.29) is 58.5 Å². The van der Waals surface area contributed by atoms with Crippen molar-refractivity contribution in [3.8, 4) is 5.75 Å². The van der Waals surface area contributed by atoms with Gasteiger partial charge in [-0.3, -0.25) is 14.4 Å². The van der Waals surface area contributed by atoms with Crippen molar-refractivity contribution in [2.45, 2.75) is 32.1 Å². The van der Waals surface area contributed by atoms with E-state index >= 15 is 0 Å². The van der Waals surface area contributed by atoms with Crippen molar-refractivity contribution >= 4 is 17.9 Å². The van der Waals surface area contributed by atoms with Crippen LogP contribution in [0.25, 0.3) is 0 Å². The Labute approximate surface area is 304 Å². The number of benzene rings is 1. The number of esters is 2. The van der Waals surface area contributed by atoms with Crippen LogP contribution in [-0.2, 0) is 61.8 Å². The predicted octanol–water partition coefficient (Wildman–Crippen LogP) is 3.02. The maximum absolute atomic E-state index is 13.5. The summed E-state index contributed by atoms with van der Waals surface area (Å²) >= 11 is 0. The van der Waals surface area contributed by atoms with Gasteiger partial charge in [-0.05, 0) is 12.8 Å². The zero-order chi connectivity index (χ0) is 38.9. The Morgan fingerprint density at radius 2 is 0.679 bits per heavy atom. The predicted molar refractivity (Wildman–Crippen MR) is 171 cm³/mol. The summed E-state index contributed by atoms with van der Waals surface area (Å²) in [5.74, 6) is -15.4. The van der Waals surface area contributed by atoms with E-state index in [0.29, 0.717) is 98.7 Å². The molecule has 0 unspecified atom stereocenters. The quantitative estimate of drug-likeness (QED) is 0.0263. The average molecular weight is 781 g/mol. The number of rotatable bonds is 36. The van der Waals surface area contributed by atoms with Crippen molar-refractivity contribution in [2.24, 2.45) is 0 Å². The van der Waals surface area contributed by atoms with Gasteiger partial charge in [-0.1, -0.05) is 0 Å². The summed E-state index contributed by atoms with van der Waals surface area (Å²) in [6, 6.07) is 0. The van der Waals surface area contributed by atoms with Crippen LogP contribution in [0.2, 0.25) is 0 Å². The fraction of sp³-hybridized carbons (Fsp3) is 0.727. The van der Waals surface area contributed by atoms with Crippen LogP contribution < -0.4 is 4.74 Å². The molecule has 306 valence electrons. The third-order valence-electron chi connectivity index (χ3n) is 6.32. The molecule has 0 aromatic heterocycles. The lowest BCUT2D eigenvalue weighted by atomic mass is 10.2. The largest absolute Gasteiger partial charge is 0.481 e. The minimum Gasteiger partial charge on any atom is -0.481 e. The smallest absolute Gasteiger partial charge is 0.313 e. The van der Waals surface area contributed by atoms with Gasteiger partial charge in [0.2, 0.25) is 34.8 Å². The van der Waals surface area contributed by atoms with E-state index in [1.807, 2.05) is 0 Å². The van der Waals surface area contributed by atoms with Gasteiger partial charge in [-0.2, -0.15) is 8.78 Å². The lowest BCUT2D eigenvalue weighted by molar-refractivity contribution is -0.146. The Morgan fingerprint density at radius 1 is 0.377 bits per heavy atom. The number of aliphatic carboxylic acids is 1. The van der Waals surface area contributed by atoms with Crippen LogP contribution in [0.5, 0.6) is 5.75 Å². The van der Waals surface area contributed by atoms with Crippen molar-refractivity contribution in [2.75, 3.05) is 126 Å². The van der Waals surface area contributed by atoms with Crippen molar-refractivity contribution in [1.29, 1.82) is 0 Å². The van der Waals surface area contributed by atoms with Crippen molar-refractivity contribution in [3.05, 3.63) is 29.1 Å². The van der Waals surface area contributed by atoms with E-state index in [9.17, 15) is 36.3 Å². The fourth-order valence-corrected chi connectivity index (χ4v) is 3.69. The minimum atomic E-state index is -2.36. The third kappa shape index (κ3) is 25.6. The summed E-state index contributed by atoms with van der Waals surface area (Å²) in [5.41, 5.74) is 0. The second-order valence-electron chi connectivity index (χ2n) is 10.5. The van der Waals surface area contributed by atoms with Gasteiger partial charge in [0.25, 0.3) is 0 Å². The zero-order valence-electron chi connectivity index (χ0n) is 29.5. The first kappa shape index (κ1) is 47.9. The monoisotopic (exact) mass is 780 g/mol. The Balaban J connectivity index is 1.75. The van der Waals surface area contributed by atoms with Gasteiger partial charge in [0.15, 0.2) is 0 Å². The number of ether oxygens (including phenoxy) is 11. The molecule has 20 heteroatoms. The number of unbranched alkanes of at least 4 members (excludes halogenated alkanes) is 1. The molecule has 1 aromatic rings. The number of hydrogen-bond donors (Lipinski definition) is 1. The summed E-state index contributed by atoms with van der Waals surface area (Å²) in [5, 5.41) is 8.54. The minimum absolute atomic E-state index is 0.0380. The molecular formula is C33H49F5O15. The molecular weight excluding hydrogens is 731 g/mol. The van der Waals surface area contributed by atoms with Gasteiger partial charge >= 0.3 is 17.9 Å². The molecule has 0 radical (unpaired) electrons. The van der Waals surface area contributed by atoms with Crippen LogP contribution in [-0.4, -0.2) is 149 Å². The van der Waals surface area contributed by atoms with Crippen molar-refractivity contribution in [3.63, 3.8) is 0 Å². The Morgan fingerprint density at radius 3 is 1.04 bits per heavy atom. The van der Waals surface area contributed by atoms with Crippen LogP contribution in [0.1, 0.15) is 32.1 Å². The highest BCUT2D eigenvalue weighted by Crippen LogP contribution is 2.29. The van der Waals surface area contributed by atoms with Crippen molar-refractivity contribution < 1.29 is 93.5 Å². The van der Waals surface area contributed by atoms with E-state index in [4.69, 9.17) is 52.5 Å². The van der Waals surface area contributed by atoms with Crippen LogP contribution in [0.3, 0.4) is 0 Å². The summed E-state index contributed by atoms with van der Waals surface area (Å²) in [6.45, 7) is 5.54. The third-order valence-corrected chi connectivity index (χ3v) is 6.32. The van der Waals surface area contributed by atoms with Gasteiger partial charge in [0.05, 0.1) is 125 Å². The molecule has 1 rings (SSSR count). The summed E-state index contributed by atoms with van der Waals surface area (Å²) in [7, 11) is 0. The van der Waals surface area contributed by atoms with Gasteiger partial charge < -0.3 is 57.2 Å². The van der Waals surface area contributed by atoms with Crippen LogP contribution in [0, 0.1) is 29.1 Å². The first-order valence-electron chi connectivity index (χ1n) is 16.9. The highest BCUT2D eigenvalue weighted by Gasteiger charge is 2.28. The molecule has 0 saturated heterocycles. The Bertz CT molecular complexity index is 1120. The molecule has 0 aliphatic heterocycles. The molecule has 0 atom stereocenters. The number of carbonyl (C=O) groups is 3. The average Bonchev–Trinajstić information content (AvgIpc) is 3.14. The number of carboxylic acids is 1. The Hall–Kier alpha value is -3.08. The summed E-state index contributed by atoms with van der Waals surface area (Å²) < 4.78 is 124. The van der Waals surface area contributed by atoms with Gasteiger partial charge in [-0.25, -0.2) is 13.2 Å². The second-order valence-corrected chi connectivity index (χ2v) is 10.5. The SMILES string of the molecule is O=C(O)CCCCC(=O)OCCOCCOCCOCCOCCOCCOCCOCCOCCOCCC(=O)Oc1c(F)c(F)c(F)c(F)c1F. The van der Waals surface area contributed by atoms with Gasteiger partial charge in [0, 0.05) is 12.8 Å². The lowest BCUT2D eigenvalue weighted by Crippen LogP contribution is -2.16. The Kier molecular flexibility index (Phi) is 29.3. The highest BCUT2D eigenvalue weighted by atomic mass is 19.2. The first-order valence-corrected chi connectivity index (χ1v) is 16.9. The topological polar surface area (TPSA) is 173 Å². The molecule has 0 heterocycles. The molecule has 0 fully saturated rings. The molecule has 0 saturated carbocycles. The number of carbonyl (C=O) groups excluding carboxylic acids is 2. The molecule has 15 nitrogen and oxygen atoms in total. The molecule has 0 amide bonds. The van der Waals surface area contributed by atoms with Gasteiger partial charge in [0.1, 0.15) is 6.61 Å². The van der Waals surface area contributed by atoms with E-state index in [2.05, 4.69) is 4.74 Å². The maximum Gasteiger partial charge on any atom is 0.313 e. The van der Waals surface area contributed by atoms with E-state index in [1.165, 1.54) is 0 Å². The van der Waals surface area contributed by atoms with Crippen LogP contribution in [0.15, 0.2) is 0 Å². The van der Waals surface area contributed by atoms with Crippen LogP contribution >= 0.6 is 0 Å². The van der Waals surface area contributed by atoms with E-state index in [0.717, 1.165) is 0 Å². The molecule has 0 bridgehead atoms. The first-order chi connectivity index (χ1) is 25.6. The van der Waals surface area contributed by atoms with Gasteiger partial charge in [-0.15, -0.1) is 0 Å². The number of carboxylic acid groups (broad SMARTS) is 1. The zero-order valence-corrected chi connectivity index (χ0v) is 29.5. The standard InChI is InChI=1S/C33H49F5O15/c34-28-29(35)31(37)33(32(38)30(28)36)53-27(42)5-6-43-7-8-44-9-10-45-11-12-46-13-14-47-15-16-48-17-18-49-19-20-50-21-22-51-23-24-52-26(41)4-2-1-3-25(39)40/h1-24H2,(H,39,40). The summed E-state index contributed by atoms with van der Waals surface area (Å²) in [4.78, 5) is 33.5. The normalized spacial score (nSPS) is 11.3. The van der Waals surface area contributed by atoms with E-state index < -0.39 is 53.2 Å². The number of hydrogen-bond acceptors (Lipinski definition) is 14. The second kappa shape index (κ2) is 32.4. The summed E-state index contributed by atoms with van der Waals surface area (Å²) in [6.07, 6.45) is 0.643. The molecule has 1 aromatic carbocycles. The number of halogens is 5. The molecule has 0 spiro atoms. The van der Waals surface area contributed by atoms with Crippen molar-refractivity contribution in [1.82, 2.24) is 0 Å². The molecule has 1 N–H and O–H groups in total. The molecule has 0 aliphatic carbocycles. The van der Waals surface area contributed by atoms with Crippen LogP contribution in [0.4, 0.5) is 22.0 Å². The molecule has 0 aliphatic rings. The molecule has 53 heavy (non-hydrogen) atoms. The maximum atomic E-state index is 13.5. The highest BCUT2D eigenvalue weighted by molar-refractivity contribution is 5.72. The van der Waals surface area contributed by atoms with E-state index in [1.54, 1.807) is 0 Å².